The maximum atomic E-state index is 6.07. The van der Waals surface area contributed by atoms with E-state index in [4.69, 9.17) is 11.6 Å². The second-order valence-electron chi connectivity index (χ2n) is 2.65. The smallest absolute Gasteiger partial charge is 0.126 e. The van der Waals surface area contributed by atoms with Crippen LogP contribution in [0.25, 0.3) is 0 Å². The molecule has 3 heteroatoms. The van der Waals surface area contributed by atoms with Gasteiger partial charge in [-0.3, -0.25) is 0 Å². The number of rotatable bonds is 3. The number of aryl methyl sites for hydroxylation is 1. The first-order valence-electron chi connectivity index (χ1n) is 3.87. The molecule has 0 amide bonds. The molecule has 0 N–H and O–H groups in total. The lowest BCUT2D eigenvalue weighted by molar-refractivity contribution is 0.691. The Morgan fingerprint density at radius 1 is 1.73 bits per heavy atom. The van der Waals surface area contributed by atoms with E-state index in [-0.39, 0.29) is 5.38 Å². The fourth-order valence-electron chi connectivity index (χ4n) is 1.06. The lowest BCUT2D eigenvalue weighted by atomic mass is 10.2. The van der Waals surface area contributed by atoms with Gasteiger partial charge in [0.05, 0.1) is 5.38 Å². The predicted molar refractivity (Wildman–Crippen MR) is 46.7 cm³/mol. The van der Waals surface area contributed by atoms with Crippen LogP contribution >= 0.6 is 11.6 Å². The maximum Gasteiger partial charge on any atom is 0.126 e. The lowest BCUT2D eigenvalue weighted by Crippen LogP contribution is -1.99. The Kier molecular flexibility index (Phi) is 2.94. The summed E-state index contributed by atoms with van der Waals surface area (Å²) in [5, 5.41) is 0.0694. The summed E-state index contributed by atoms with van der Waals surface area (Å²) < 4.78 is 1.97. The minimum absolute atomic E-state index is 0.0694. The largest absolute Gasteiger partial charge is 0.337 e. The molecule has 0 saturated heterocycles. The Morgan fingerprint density at radius 3 is 2.91 bits per heavy atom. The zero-order valence-electron chi connectivity index (χ0n) is 6.92. The first-order chi connectivity index (χ1) is 5.25. The van der Waals surface area contributed by atoms with Crippen molar-refractivity contribution in [3.05, 3.63) is 18.2 Å². The van der Waals surface area contributed by atoms with E-state index in [2.05, 4.69) is 11.9 Å². The molecule has 1 aromatic heterocycles. The number of hydrogen-bond donors (Lipinski definition) is 0. The molecular formula is C8H13ClN2. The maximum absolute atomic E-state index is 6.07. The highest BCUT2D eigenvalue weighted by Gasteiger charge is 2.10. The van der Waals surface area contributed by atoms with Crippen molar-refractivity contribution in [1.29, 1.82) is 0 Å². The highest BCUT2D eigenvalue weighted by Crippen LogP contribution is 2.22. The van der Waals surface area contributed by atoms with Crippen LogP contribution in [-0.2, 0) is 7.05 Å². The third-order valence-corrected chi connectivity index (χ3v) is 2.09. The molecule has 2 nitrogen and oxygen atoms in total. The Balaban J connectivity index is 2.67. The summed E-state index contributed by atoms with van der Waals surface area (Å²) in [4.78, 5) is 4.17. The summed E-state index contributed by atoms with van der Waals surface area (Å²) in [5.74, 6) is 0.966. The van der Waals surface area contributed by atoms with Gasteiger partial charge >= 0.3 is 0 Å². The van der Waals surface area contributed by atoms with E-state index in [1.54, 1.807) is 6.20 Å². The van der Waals surface area contributed by atoms with Crippen LogP contribution in [0.1, 0.15) is 31.0 Å². The minimum Gasteiger partial charge on any atom is -0.337 e. The van der Waals surface area contributed by atoms with Crippen molar-refractivity contribution < 1.29 is 0 Å². The second kappa shape index (κ2) is 3.77. The van der Waals surface area contributed by atoms with Gasteiger partial charge in [-0.1, -0.05) is 13.3 Å². The fourth-order valence-corrected chi connectivity index (χ4v) is 1.49. The molecule has 0 bridgehead atoms. The summed E-state index contributed by atoms with van der Waals surface area (Å²) in [7, 11) is 1.97. The molecular weight excluding hydrogens is 160 g/mol. The molecule has 0 aliphatic heterocycles. The molecule has 11 heavy (non-hydrogen) atoms. The molecule has 0 aliphatic rings. The van der Waals surface area contributed by atoms with Crippen molar-refractivity contribution in [1.82, 2.24) is 9.55 Å². The normalized spacial score (nSPS) is 13.4. The van der Waals surface area contributed by atoms with Crippen LogP contribution in [0.15, 0.2) is 12.4 Å². The van der Waals surface area contributed by atoms with E-state index in [1.165, 1.54) is 0 Å². The van der Waals surface area contributed by atoms with Gasteiger partial charge in [-0.2, -0.15) is 0 Å². The first kappa shape index (κ1) is 8.60. The average Bonchev–Trinajstić information content (AvgIpc) is 2.36. The van der Waals surface area contributed by atoms with Crippen LogP contribution in [0.3, 0.4) is 0 Å². The lowest BCUT2D eigenvalue weighted by Gasteiger charge is -2.06. The molecule has 0 radical (unpaired) electrons. The van der Waals surface area contributed by atoms with Gasteiger partial charge in [-0.05, 0) is 6.42 Å². The molecule has 1 aromatic rings. The first-order valence-corrected chi connectivity index (χ1v) is 4.30. The molecule has 0 fully saturated rings. The van der Waals surface area contributed by atoms with Gasteiger partial charge in [-0.25, -0.2) is 4.98 Å². The molecule has 0 aliphatic carbocycles. The van der Waals surface area contributed by atoms with Crippen molar-refractivity contribution in [2.45, 2.75) is 25.1 Å². The average molecular weight is 173 g/mol. The van der Waals surface area contributed by atoms with E-state index in [1.807, 2.05) is 17.8 Å². The monoisotopic (exact) mass is 172 g/mol. The van der Waals surface area contributed by atoms with Crippen LogP contribution < -0.4 is 0 Å². The number of hydrogen-bond acceptors (Lipinski definition) is 1. The number of imidazole rings is 1. The highest BCUT2D eigenvalue weighted by atomic mass is 35.5. The zero-order valence-corrected chi connectivity index (χ0v) is 7.67. The van der Waals surface area contributed by atoms with Gasteiger partial charge < -0.3 is 4.57 Å². The molecule has 1 atom stereocenters. The second-order valence-corrected chi connectivity index (χ2v) is 3.18. The molecule has 62 valence electrons. The van der Waals surface area contributed by atoms with Gasteiger partial charge in [0.25, 0.3) is 0 Å². The van der Waals surface area contributed by atoms with E-state index in [9.17, 15) is 0 Å². The Bertz CT molecular complexity index is 220. The van der Waals surface area contributed by atoms with Crippen LogP contribution in [0.2, 0.25) is 0 Å². The van der Waals surface area contributed by atoms with E-state index in [0.29, 0.717) is 0 Å². The summed E-state index contributed by atoms with van der Waals surface area (Å²) in [6.45, 7) is 2.12. The van der Waals surface area contributed by atoms with E-state index < -0.39 is 0 Å². The third kappa shape index (κ3) is 1.96. The topological polar surface area (TPSA) is 17.8 Å². The zero-order chi connectivity index (χ0) is 8.27. The van der Waals surface area contributed by atoms with Crippen molar-refractivity contribution in [2.75, 3.05) is 0 Å². The highest BCUT2D eigenvalue weighted by molar-refractivity contribution is 6.20. The number of nitrogens with zero attached hydrogens (tertiary/aromatic N) is 2. The Morgan fingerprint density at radius 2 is 2.45 bits per heavy atom. The van der Waals surface area contributed by atoms with Gasteiger partial charge in [0.15, 0.2) is 0 Å². The number of halogens is 1. The summed E-state index contributed by atoms with van der Waals surface area (Å²) in [6, 6.07) is 0. The molecule has 0 aromatic carbocycles. The quantitative estimate of drug-likeness (QED) is 0.641. The van der Waals surface area contributed by atoms with Gasteiger partial charge in [0.1, 0.15) is 5.82 Å². The molecule has 0 spiro atoms. The predicted octanol–water partition coefficient (Wildman–Crippen LogP) is 2.50. The number of alkyl halides is 1. The van der Waals surface area contributed by atoms with E-state index >= 15 is 0 Å². The van der Waals surface area contributed by atoms with Crippen molar-refractivity contribution in [3.63, 3.8) is 0 Å². The van der Waals surface area contributed by atoms with Crippen molar-refractivity contribution in [2.24, 2.45) is 7.05 Å². The Labute approximate surface area is 72.2 Å². The molecule has 0 saturated carbocycles. The summed E-state index contributed by atoms with van der Waals surface area (Å²) >= 11 is 6.07. The van der Waals surface area contributed by atoms with Crippen molar-refractivity contribution in [3.8, 4) is 0 Å². The van der Waals surface area contributed by atoms with Crippen LogP contribution in [0.4, 0.5) is 0 Å². The molecule has 1 rings (SSSR count). The van der Waals surface area contributed by atoms with Crippen LogP contribution in [0, 0.1) is 0 Å². The van der Waals surface area contributed by atoms with Crippen molar-refractivity contribution >= 4 is 11.6 Å². The molecule has 1 heterocycles. The fraction of sp³-hybridized carbons (Fsp3) is 0.625. The van der Waals surface area contributed by atoms with Gasteiger partial charge in [0, 0.05) is 19.4 Å². The third-order valence-electron chi connectivity index (χ3n) is 1.68. The van der Waals surface area contributed by atoms with Crippen LogP contribution in [-0.4, -0.2) is 9.55 Å². The SMILES string of the molecule is CCCC(Cl)c1nccn1C. The number of aromatic nitrogens is 2. The van der Waals surface area contributed by atoms with Gasteiger partial charge in [-0.15, -0.1) is 11.6 Å². The standard InChI is InChI=1S/C8H13ClN2/c1-3-4-7(9)8-10-5-6-11(8)2/h5-7H,3-4H2,1-2H3. The van der Waals surface area contributed by atoms with Gasteiger partial charge in [0.2, 0.25) is 0 Å². The minimum atomic E-state index is 0.0694. The summed E-state index contributed by atoms with van der Waals surface area (Å²) in [6.07, 6.45) is 5.79. The Hall–Kier alpha value is -0.500. The van der Waals surface area contributed by atoms with E-state index in [0.717, 1.165) is 18.7 Å². The molecule has 1 unspecified atom stereocenters. The van der Waals surface area contributed by atoms with Crippen LogP contribution in [0.5, 0.6) is 0 Å². The summed E-state index contributed by atoms with van der Waals surface area (Å²) in [5.41, 5.74) is 0.